The molecule has 8 nitrogen and oxygen atoms in total. The third-order valence-electron chi connectivity index (χ3n) is 2.78. The minimum atomic E-state index is -4.79. The largest absolute Gasteiger partial charge is 0.573 e. The van der Waals surface area contributed by atoms with E-state index in [9.17, 15) is 26.4 Å². The van der Waals surface area contributed by atoms with Crippen molar-refractivity contribution in [1.82, 2.24) is 10.4 Å². The average Bonchev–Trinajstić information content (AvgIpc) is 2.51. The van der Waals surface area contributed by atoms with Gasteiger partial charge < -0.3 is 10.5 Å². The van der Waals surface area contributed by atoms with Crippen LogP contribution in [0.4, 0.5) is 18.9 Å². The van der Waals surface area contributed by atoms with Gasteiger partial charge in [-0.15, -0.1) is 13.2 Å². The van der Waals surface area contributed by atoms with Gasteiger partial charge in [-0.3, -0.25) is 4.79 Å². The molecule has 2 rings (SSSR count). The third kappa shape index (κ3) is 5.17. The molecule has 3 N–H and O–H groups in total. The maximum Gasteiger partial charge on any atom is 0.573 e. The molecule has 1 aromatic heterocycles. The molecule has 1 heterocycles. The van der Waals surface area contributed by atoms with Crippen LogP contribution in [0.5, 0.6) is 5.75 Å². The summed E-state index contributed by atoms with van der Waals surface area (Å²) in [6.07, 6.45) is -3.54. The summed E-state index contributed by atoms with van der Waals surface area (Å²) < 4.78 is 63.4. The molecule has 0 radical (unpaired) electrons. The number of nitrogens with zero attached hydrogens (tertiary/aromatic N) is 2. The lowest BCUT2D eigenvalue weighted by atomic mass is 10.1. The van der Waals surface area contributed by atoms with Gasteiger partial charge in [0.25, 0.3) is 5.91 Å². The summed E-state index contributed by atoms with van der Waals surface area (Å²) in [5.41, 5.74) is 8.00. The molecule has 0 unspecified atom stereocenters. The number of nitrogen functional groups attached to an aromatic ring is 1. The summed E-state index contributed by atoms with van der Waals surface area (Å²) >= 11 is 0. The molecule has 12 heteroatoms. The Kier molecular flexibility index (Phi) is 5.22. The highest BCUT2D eigenvalue weighted by Crippen LogP contribution is 2.27. The van der Waals surface area contributed by atoms with E-state index in [4.69, 9.17) is 5.73 Å². The molecule has 0 saturated carbocycles. The van der Waals surface area contributed by atoms with Crippen molar-refractivity contribution in [3.8, 4) is 16.9 Å². The number of pyridine rings is 1. The lowest BCUT2D eigenvalue weighted by molar-refractivity contribution is -0.274. The fraction of sp³-hybridized carbons (Fsp3) is 0.0769. The first kappa shape index (κ1) is 18.2. The van der Waals surface area contributed by atoms with Gasteiger partial charge in [-0.05, 0) is 23.8 Å². The first-order valence-electron chi connectivity index (χ1n) is 6.38. The Labute approximate surface area is 140 Å². The summed E-state index contributed by atoms with van der Waals surface area (Å²) in [7, 11) is -2.83. The molecular formula is C13H9F3N4O4S. The predicted octanol–water partition coefficient (Wildman–Crippen LogP) is 1.94. The Morgan fingerprint density at radius 1 is 1.20 bits per heavy atom. The molecule has 1 aromatic carbocycles. The zero-order valence-corrected chi connectivity index (χ0v) is 12.9. The maximum atomic E-state index is 12.1. The van der Waals surface area contributed by atoms with E-state index >= 15 is 0 Å². The molecule has 0 atom stereocenters. The van der Waals surface area contributed by atoms with Crippen molar-refractivity contribution in [3.63, 3.8) is 0 Å². The number of nitrogens with one attached hydrogen (secondary N) is 1. The summed E-state index contributed by atoms with van der Waals surface area (Å²) in [5.74, 6) is -1.32. The molecule has 0 saturated heterocycles. The Morgan fingerprint density at radius 2 is 1.84 bits per heavy atom. The van der Waals surface area contributed by atoms with Gasteiger partial charge in [0.05, 0.1) is 5.69 Å². The number of hydrogen-bond donors (Lipinski definition) is 2. The molecule has 0 aliphatic carbocycles. The Balaban J connectivity index is 2.22. The van der Waals surface area contributed by atoms with E-state index in [-0.39, 0.29) is 17.1 Å². The van der Waals surface area contributed by atoms with Gasteiger partial charge in [0, 0.05) is 11.8 Å². The molecule has 0 spiro atoms. The number of hydrogen-bond acceptors (Lipinski definition) is 7. The van der Waals surface area contributed by atoms with E-state index in [2.05, 4.69) is 14.2 Å². The van der Waals surface area contributed by atoms with Gasteiger partial charge in [0.2, 0.25) is 0 Å². The number of carbonyl (C=O) groups is 1. The van der Waals surface area contributed by atoms with Crippen LogP contribution in [0.25, 0.3) is 11.1 Å². The number of aromatic nitrogens is 1. The number of anilines is 1. The third-order valence-corrected chi connectivity index (χ3v) is 3.02. The fourth-order valence-electron chi connectivity index (χ4n) is 1.81. The minimum absolute atomic E-state index is 0.0718. The highest BCUT2D eigenvalue weighted by molar-refractivity contribution is 7.61. The van der Waals surface area contributed by atoms with E-state index in [0.717, 1.165) is 12.1 Å². The van der Waals surface area contributed by atoms with E-state index in [1.807, 2.05) is 0 Å². The van der Waals surface area contributed by atoms with Crippen molar-refractivity contribution >= 4 is 22.1 Å². The lowest BCUT2D eigenvalue weighted by Gasteiger charge is -2.10. The van der Waals surface area contributed by atoms with Gasteiger partial charge in [-0.25, -0.2) is 10.4 Å². The van der Waals surface area contributed by atoms with Crippen LogP contribution in [-0.2, 0) is 10.5 Å². The van der Waals surface area contributed by atoms with Gasteiger partial charge in [0.1, 0.15) is 5.75 Å². The topological polar surface area (TPSA) is 124 Å². The quantitative estimate of drug-likeness (QED) is 0.788. The van der Waals surface area contributed by atoms with Gasteiger partial charge in [-0.1, -0.05) is 16.6 Å². The molecule has 1 amide bonds. The lowest BCUT2D eigenvalue weighted by Crippen LogP contribution is -2.20. The maximum absolute atomic E-state index is 12.1. The second-order valence-electron chi connectivity index (χ2n) is 4.48. The molecule has 0 fully saturated rings. The Morgan fingerprint density at radius 3 is 2.36 bits per heavy atom. The number of halogens is 3. The Bertz CT molecular complexity index is 919. The number of ether oxygens (including phenoxy) is 1. The summed E-state index contributed by atoms with van der Waals surface area (Å²) in [6, 6.07) is 6.29. The number of alkyl halides is 3. The monoisotopic (exact) mass is 374 g/mol. The van der Waals surface area contributed by atoms with Crippen molar-refractivity contribution in [2.24, 2.45) is 4.47 Å². The van der Waals surface area contributed by atoms with E-state index < -0.39 is 22.8 Å². The molecule has 25 heavy (non-hydrogen) atoms. The molecule has 132 valence electrons. The molecular weight excluding hydrogens is 365 g/mol. The summed E-state index contributed by atoms with van der Waals surface area (Å²) in [4.78, 5) is 15.5. The summed E-state index contributed by atoms with van der Waals surface area (Å²) in [6.45, 7) is 0. The van der Waals surface area contributed by atoms with Gasteiger partial charge in [0.15, 0.2) is 5.69 Å². The van der Waals surface area contributed by atoms with Crippen LogP contribution in [0.2, 0.25) is 0 Å². The van der Waals surface area contributed by atoms with Crippen molar-refractivity contribution in [3.05, 3.63) is 42.2 Å². The number of amides is 1. The van der Waals surface area contributed by atoms with Crippen molar-refractivity contribution in [2.45, 2.75) is 6.36 Å². The van der Waals surface area contributed by atoms with E-state index in [1.54, 1.807) is 5.43 Å². The zero-order chi connectivity index (χ0) is 18.6. The highest BCUT2D eigenvalue weighted by Gasteiger charge is 2.30. The van der Waals surface area contributed by atoms with Crippen LogP contribution >= 0.6 is 0 Å². The number of carbonyl (C=O) groups excluding carboxylic acids is 1. The second-order valence-corrected chi connectivity index (χ2v) is 5.10. The highest BCUT2D eigenvalue weighted by atomic mass is 32.2. The van der Waals surface area contributed by atoms with Gasteiger partial charge >= 0.3 is 16.9 Å². The van der Waals surface area contributed by atoms with Crippen LogP contribution in [-0.4, -0.2) is 25.7 Å². The van der Waals surface area contributed by atoms with Crippen LogP contribution in [0.15, 0.2) is 41.0 Å². The Hall–Kier alpha value is -3.15. The fourth-order valence-corrected chi connectivity index (χ4v) is 1.97. The molecule has 0 aliphatic heterocycles. The minimum Gasteiger partial charge on any atom is -0.406 e. The van der Waals surface area contributed by atoms with E-state index in [1.165, 1.54) is 24.4 Å². The smallest absolute Gasteiger partial charge is 0.406 e. The first-order chi connectivity index (χ1) is 11.7. The molecule has 0 bridgehead atoms. The van der Waals surface area contributed by atoms with Crippen molar-refractivity contribution in [1.29, 1.82) is 0 Å². The SMILES string of the molecule is Nc1cc(-c2ccc(OC(F)(F)F)cc2)cnc1C(=O)NN=S(=O)=O. The first-order valence-corrected chi connectivity index (χ1v) is 7.41. The van der Waals surface area contributed by atoms with Crippen LogP contribution in [0.3, 0.4) is 0 Å². The van der Waals surface area contributed by atoms with E-state index in [0.29, 0.717) is 11.1 Å². The van der Waals surface area contributed by atoms with Crippen molar-refractivity contribution < 1.29 is 31.1 Å². The van der Waals surface area contributed by atoms with Gasteiger partial charge in [-0.2, -0.15) is 8.42 Å². The van der Waals surface area contributed by atoms with Crippen LogP contribution in [0, 0.1) is 0 Å². The number of rotatable bonds is 4. The predicted molar refractivity (Wildman–Crippen MR) is 79.6 cm³/mol. The average molecular weight is 374 g/mol. The second kappa shape index (κ2) is 7.17. The van der Waals surface area contributed by atoms with Crippen LogP contribution in [0.1, 0.15) is 10.5 Å². The molecule has 0 aliphatic rings. The number of nitrogens with two attached hydrogens (primary N) is 1. The number of benzene rings is 1. The molecule has 2 aromatic rings. The summed E-state index contributed by atoms with van der Waals surface area (Å²) in [5, 5.41) is 0. The van der Waals surface area contributed by atoms with Crippen LogP contribution < -0.4 is 15.9 Å². The standard InChI is InChI=1S/C13H9F3N4O4S/c14-13(15,16)24-9-3-1-7(2-4-9)8-5-10(17)11(18-6-8)12(21)19-20-25(22)23/h1-6H,17H2,(H,19,21). The zero-order valence-electron chi connectivity index (χ0n) is 12.1. The normalized spacial score (nSPS) is 10.8. The van der Waals surface area contributed by atoms with Crippen molar-refractivity contribution in [2.75, 3.05) is 5.73 Å².